The average Bonchev–Trinajstić information content (AvgIpc) is 2.60. The minimum absolute atomic E-state index is 0.00750. The Bertz CT molecular complexity index is 519. The van der Waals surface area contributed by atoms with Crippen molar-refractivity contribution in [2.24, 2.45) is 16.2 Å². The number of carbonyl (C=O) groups excluding carboxylic acids is 2. The number of hydrogen-bond donors (Lipinski definition) is 1. The maximum absolute atomic E-state index is 13.0. The van der Waals surface area contributed by atoms with Crippen molar-refractivity contribution >= 4 is 11.9 Å². The smallest absolute Gasteiger partial charge is 0.312 e. The number of unbranched alkanes of at least 4 members (excludes halogenated alkanes) is 2. The van der Waals surface area contributed by atoms with Crippen LogP contribution in [0.5, 0.6) is 0 Å². The Balaban J connectivity index is 4.73. The number of esters is 1. The lowest BCUT2D eigenvalue weighted by atomic mass is 9.59. The molecule has 5 nitrogen and oxygen atoms in total. The van der Waals surface area contributed by atoms with Crippen molar-refractivity contribution in [2.75, 3.05) is 19.8 Å². The first kappa shape index (κ1) is 27.9. The standard InChI is InChI=1S/C24H47NO4/c1-11-13-14-16-29-23(8,9)19(26)25-15-17-28-20(27)24(10,18-21(3,4)5)22(6,7)12-2/h11-18H2,1-10H3,(H,25,26). The van der Waals surface area contributed by atoms with Crippen LogP contribution in [0.4, 0.5) is 0 Å². The molecule has 0 aliphatic carbocycles. The largest absolute Gasteiger partial charge is 0.463 e. The van der Waals surface area contributed by atoms with Crippen LogP contribution in [0.2, 0.25) is 0 Å². The van der Waals surface area contributed by atoms with Gasteiger partial charge in [0.2, 0.25) is 0 Å². The van der Waals surface area contributed by atoms with Gasteiger partial charge >= 0.3 is 5.97 Å². The van der Waals surface area contributed by atoms with E-state index in [1.807, 2.05) is 6.92 Å². The van der Waals surface area contributed by atoms with E-state index >= 15 is 0 Å². The van der Waals surface area contributed by atoms with Gasteiger partial charge in [0, 0.05) is 6.61 Å². The van der Waals surface area contributed by atoms with Crippen LogP contribution in [-0.4, -0.2) is 37.2 Å². The quantitative estimate of drug-likeness (QED) is 0.319. The SMILES string of the molecule is CCCCCOC(C)(C)C(=O)NCCOC(=O)C(C)(CC(C)(C)C)C(C)(C)CC. The molecule has 29 heavy (non-hydrogen) atoms. The molecule has 0 heterocycles. The Labute approximate surface area is 179 Å². The van der Waals surface area contributed by atoms with Gasteiger partial charge in [0.1, 0.15) is 12.2 Å². The van der Waals surface area contributed by atoms with Gasteiger partial charge in [-0.3, -0.25) is 9.59 Å². The molecule has 0 spiro atoms. The van der Waals surface area contributed by atoms with E-state index in [1.54, 1.807) is 13.8 Å². The fraction of sp³-hybridized carbons (Fsp3) is 0.917. The van der Waals surface area contributed by atoms with Gasteiger partial charge in [-0.15, -0.1) is 0 Å². The van der Waals surface area contributed by atoms with Crippen molar-refractivity contribution in [1.29, 1.82) is 0 Å². The fourth-order valence-corrected chi connectivity index (χ4v) is 3.46. The summed E-state index contributed by atoms with van der Waals surface area (Å²) in [6.45, 7) is 21.5. The van der Waals surface area contributed by atoms with Gasteiger partial charge in [-0.2, -0.15) is 0 Å². The highest BCUT2D eigenvalue weighted by Crippen LogP contribution is 2.49. The first-order chi connectivity index (χ1) is 13.1. The van der Waals surface area contributed by atoms with Crippen LogP contribution in [0.15, 0.2) is 0 Å². The third-order valence-electron chi connectivity index (χ3n) is 6.09. The molecule has 0 aromatic carbocycles. The first-order valence-corrected chi connectivity index (χ1v) is 11.2. The number of hydrogen-bond acceptors (Lipinski definition) is 4. The summed E-state index contributed by atoms with van der Waals surface area (Å²) in [7, 11) is 0. The number of rotatable bonds is 13. The van der Waals surface area contributed by atoms with E-state index in [0.29, 0.717) is 6.61 Å². The van der Waals surface area contributed by atoms with Crippen LogP contribution in [0.1, 0.15) is 101 Å². The molecule has 0 bridgehead atoms. The zero-order valence-electron chi connectivity index (χ0n) is 20.8. The van der Waals surface area contributed by atoms with Crippen molar-refractivity contribution < 1.29 is 19.1 Å². The molecule has 172 valence electrons. The number of ether oxygens (including phenoxy) is 2. The molecule has 0 aromatic rings. The fourth-order valence-electron chi connectivity index (χ4n) is 3.46. The Kier molecular flexibility index (Phi) is 10.9. The van der Waals surface area contributed by atoms with E-state index in [2.05, 4.69) is 53.8 Å². The lowest BCUT2D eigenvalue weighted by Crippen LogP contribution is -2.47. The molecule has 0 fully saturated rings. The zero-order valence-corrected chi connectivity index (χ0v) is 20.8. The maximum Gasteiger partial charge on any atom is 0.312 e. The summed E-state index contributed by atoms with van der Waals surface area (Å²) < 4.78 is 11.3. The van der Waals surface area contributed by atoms with E-state index in [1.165, 1.54) is 0 Å². The van der Waals surface area contributed by atoms with Crippen LogP contribution in [0.25, 0.3) is 0 Å². The van der Waals surface area contributed by atoms with Crippen molar-refractivity contribution in [1.82, 2.24) is 5.32 Å². The summed E-state index contributed by atoms with van der Waals surface area (Å²) in [4.78, 5) is 25.4. The Morgan fingerprint density at radius 1 is 0.862 bits per heavy atom. The second-order valence-electron chi connectivity index (χ2n) is 10.8. The monoisotopic (exact) mass is 413 g/mol. The van der Waals surface area contributed by atoms with Gasteiger partial charge in [0.05, 0.1) is 12.0 Å². The molecule has 0 rings (SSSR count). The minimum Gasteiger partial charge on any atom is -0.463 e. The molecule has 1 atom stereocenters. The van der Waals surface area contributed by atoms with Crippen LogP contribution in [0, 0.1) is 16.2 Å². The van der Waals surface area contributed by atoms with E-state index in [0.717, 1.165) is 32.1 Å². The van der Waals surface area contributed by atoms with Crippen LogP contribution in [-0.2, 0) is 19.1 Å². The van der Waals surface area contributed by atoms with E-state index < -0.39 is 11.0 Å². The average molecular weight is 414 g/mol. The Hall–Kier alpha value is -1.10. The second kappa shape index (κ2) is 11.3. The van der Waals surface area contributed by atoms with E-state index in [-0.39, 0.29) is 35.9 Å². The third-order valence-corrected chi connectivity index (χ3v) is 6.09. The van der Waals surface area contributed by atoms with Crippen LogP contribution < -0.4 is 5.32 Å². The summed E-state index contributed by atoms with van der Waals surface area (Å²) in [5.41, 5.74) is -1.66. The molecule has 0 aliphatic rings. The van der Waals surface area contributed by atoms with Gasteiger partial charge in [-0.1, -0.05) is 61.3 Å². The molecular weight excluding hydrogens is 366 g/mol. The molecular formula is C24H47NO4. The second-order valence-corrected chi connectivity index (χ2v) is 10.8. The van der Waals surface area contributed by atoms with Crippen LogP contribution in [0.3, 0.4) is 0 Å². The molecule has 1 N–H and O–H groups in total. The Morgan fingerprint density at radius 2 is 1.45 bits per heavy atom. The van der Waals surface area contributed by atoms with E-state index in [9.17, 15) is 9.59 Å². The third kappa shape index (κ3) is 9.06. The molecule has 0 saturated carbocycles. The molecule has 0 radical (unpaired) electrons. The lowest BCUT2D eigenvalue weighted by Gasteiger charge is -2.45. The normalized spacial score (nSPS) is 15.0. The van der Waals surface area contributed by atoms with Crippen molar-refractivity contribution in [3.05, 3.63) is 0 Å². The van der Waals surface area contributed by atoms with Crippen LogP contribution >= 0.6 is 0 Å². The van der Waals surface area contributed by atoms with Gasteiger partial charge in [-0.25, -0.2) is 0 Å². The highest BCUT2D eigenvalue weighted by atomic mass is 16.5. The highest BCUT2D eigenvalue weighted by Gasteiger charge is 2.49. The minimum atomic E-state index is -0.886. The molecule has 1 amide bonds. The van der Waals surface area contributed by atoms with Crippen molar-refractivity contribution in [3.8, 4) is 0 Å². The van der Waals surface area contributed by atoms with Crippen molar-refractivity contribution in [3.63, 3.8) is 0 Å². The summed E-state index contributed by atoms with van der Waals surface area (Å²) in [6.07, 6.45) is 4.78. The summed E-state index contributed by atoms with van der Waals surface area (Å²) >= 11 is 0. The molecule has 0 aromatic heterocycles. The summed E-state index contributed by atoms with van der Waals surface area (Å²) in [5.74, 6) is -0.375. The topological polar surface area (TPSA) is 64.6 Å². The zero-order chi connectivity index (χ0) is 22.9. The summed E-state index contributed by atoms with van der Waals surface area (Å²) in [6, 6.07) is 0. The Morgan fingerprint density at radius 3 is 1.93 bits per heavy atom. The molecule has 5 heteroatoms. The predicted octanol–water partition coefficient (Wildman–Crippen LogP) is 5.51. The predicted molar refractivity (Wildman–Crippen MR) is 120 cm³/mol. The van der Waals surface area contributed by atoms with Gasteiger partial charge in [-0.05, 0) is 50.9 Å². The van der Waals surface area contributed by atoms with Gasteiger partial charge in [0.15, 0.2) is 0 Å². The lowest BCUT2D eigenvalue weighted by molar-refractivity contribution is -0.166. The van der Waals surface area contributed by atoms with Crippen molar-refractivity contribution in [2.45, 2.75) is 107 Å². The first-order valence-electron chi connectivity index (χ1n) is 11.2. The molecule has 1 unspecified atom stereocenters. The number of nitrogens with one attached hydrogen (secondary N) is 1. The summed E-state index contributed by atoms with van der Waals surface area (Å²) in [5, 5.41) is 2.83. The van der Waals surface area contributed by atoms with Gasteiger partial charge < -0.3 is 14.8 Å². The molecule has 0 saturated heterocycles. The molecule has 0 aliphatic heterocycles. The van der Waals surface area contributed by atoms with Gasteiger partial charge in [0.25, 0.3) is 5.91 Å². The maximum atomic E-state index is 13.0. The van der Waals surface area contributed by atoms with E-state index in [4.69, 9.17) is 9.47 Å². The number of carbonyl (C=O) groups is 2. The number of amides is 1. The highest BCUT2D eigenvalue weighted by molar-refractivity contribution is 5.84.